The van der Waals surface area contributed by atoms with Gasteiger partial charge in [0.2, 0.25) is 0 Å². The predicted molar refractivity (Wildman–Crippen MR) is 71.5 cm³/mol. The lowest BCUT2D eigenvalue weighted by Gasteiger charge is -2.36. The fourth-order valence-electron chi connectivity index (χ4n) is 1.51. The molecule has 1 unspecified atom stereocenters. The predicted octanol–water partition coefficient (Wildman–Crippen LogP) is 2.17. The lowest BCUT2D eigenvalue weighted by atomic mass is 9.87. The van der Waals surface area contributed by atoms with Gasteiger partial charge in [-0.1, -0.05) is 34.6 Å². The van der Waals surface area contributed by atoms with E-state index >= 15 is 0 Å². The molecule has 106 valence electrons. The summed E-state index contributed by atoms with van der Waals surface area (Å²) in [5.74, 6) is -1.15. The van der Waals surface area contributed by atoms with Crippen molar-refractivity contribution in [3.8, 4) is 0 Å². The molecule has 0 spiro atoms. The zero-order chi connectivity index (χ0) is 14.7. The second-order valence-electron chi connectivity index (χ2n) is 6.16. The molecule has 18 heavy (non-hydrogen) atoms. The molecule has 0 aromatic carbocycles. The van der Waals surface area contributed by atoms with Crippen LogP contribution in [0.5, 0.6) is 0 Å². The molecule has 0 bridgehead atoms. The number of nitrogens with zero attached hydrogens (tertiary/aromatic N) is 1. The summed E-state index contributed by atoms with van der Waals surface area (Å²) >= 11 is 0. The van der Waals surface area contributed by atoms with Crippen LogP contribution in [0.15, 0.2) is 0 Å². The minimum Gasteiger partial charge on any atom is -0.480 e. The molecule has 2 N–H and O–H groups in total. The van der Waals surface area contributed by atoms with Gasteiger partial charge in [0.15, 0.2) is 0 Å². The molecular weight excluding hydrogens is 232 g/mol. The Kier molecular flexibility index (Phi) is 5.64. The summed E-state index contributed by atoms with van der Waals surface area (Å²) in [6.45, 7) is 11.6. The largest absolute Gasteiger partial charge is 0.480 e. The molecular formula is C13H26N2O3. The van der Waals surface area contributed by atoms with E-state index in [4.69, 9.17) is 5.11 Å². The van der Waals surface area contributed by atoms with Gasteiger partial charge >= 0.3 is 12.0 Å². The average molecular weight is 258 g/mol. The fourth-order valence-corrected chi connectivity index (χ4v) is 1.51. The van der Waals surface area contributed by atoms with E-state index in [0.717, 1.165) is 0 Å². The van der Waals surface area contributed by atoms with Crippen LogP contribution in [0.2, 0.25) is 0 Å². The number of hydrogen-bond donors (Lipinski definition) is 2. The van der Waals surface area contributed by atoms with Crippen LogP contribution in [0.4, 0.5) is 4.79 Å². The van der Waals surface area contributed by atoms with E-state index in [-0.39, 0.29) is 23.4 Å². The summed E-state index contributed by atoms with van der Waals surface area (Å²) in [6.07, 6.45) is 0. The van der Waals surface area contributed by atoms with Crippen LogP contribution in [0.25, 0.3) is 0 Å². The van der Waals surface area contributed by atoms with Crippen molar-refractivity contribution < 1.29 is 14.7 Å². The fraction of sp³-hybridized carbons (Fsp3) is 0.846. The van der Waals surface area contributed by atoms with Gasteiger partial charge in [-0.05, 0) is 18.3 Å². The van der Waals surface area contributed by atoms with Gasteiger partial charge in [0.25, 0.3) is 0 Å². The number of carboxylic acids is 1. The summed E-state index contributed by atoms with van der Waals surface area (Å²) in [5, 5.41) is 11.6. The molecule has 0 aromatic heterocycles. The Labute approximate surface area is 110 Å². The minimum atomic E-state index is -1.00. The maximum absolute atomic E-state index is 12.0. The number of carbonyl (C=O) groups is 2. The molecule has 0 heterocycles. The van der Waals surface area contributed by atoms with E-state index in [1.165, 1.54) is 0 Å². The molecule has 0 saturated heterocycles. The first kappa shape index (κ1) is 16.7. The monoisotopic (exact) mass is 258 g/mol. The molecule has 0 aliphatic heterocycles. The van der Waals surface area contributed by atoms with Crippen LogP contribution in [0.1, 0.15) is 41.5 Å². The van der Waals surface area contributed by atoms with Crippen LogP contribution >= 0.6 is 0 Å². The molecule has 0 aliphatic carbocycles. The minimum absolute atomic E-state index is 0.0131. The van der Waals surface area contributed by atoms with Crippen molar-refractivity contribution in [2.45, 2.75) is 53.6 Å². The Morgan fingerprint density at radius 1 is 1.17 bits per heavy atom. The Morgan fingerprint density at radius 3 is 1.89 bits per heavy atom. The van der Waals surface area contributed by atoms with Crippen molar-refractivity contribution >= 4 is 12.0 Å². The highest BCUT2D eigenvalue weighted by Crippen LogP contribution is 2.23. The zero-order valence-corrected chi connectivity index (χ0v) is 12.4. The number of hydrogen-bond acceptors (Lipinski definition) is 2. The van der Waals surface area contributed by atoms with Gasteiger partial charge in [-0.15, -0.1) is 0 Å². The van der Waals surface area contributed by atoms with Gasteiger partial charge in [0.1, 0.15) is 6.04 Å². The van der Waals surface area contributed by atoms with Gasteiger partial charge in [0, 0.05) is 13.1 Å². The average Bonchev–Trinajstić information content (AvgIpc) is 2.20. The van der Waals surface area contributed by atoms with Crippen LogP contribution in [-0.4, -0.2) is 41.1 Å². The number of aliphatic carboxylic acids is 1. The normalized spacial score (nSPS) is 15.1. The highest BCUT2D eigenvalue weighted by atomic mass is 16.4. The number of nitrogens with one attached hydrogen (secondary N) is 1. The van der Waals surface area contributed by atoms with E-state index < -0.39 is 12.0 Å². The third-order valence-corrected chi connectivity index (χ3v) is 3.37. The lowest BCUT2D eigenvalue weighted by molar-refractivity contribution is -0.140. The first-order valence-electron chi connectivity index (χ1n) is 6.24. The van der Waals surface area contributed by atoms with Crippen LogP contribution in [-0.2, 0) is 4.79 Å². The molecule has 0 radical (unpaired) electrons. The Bertz CT molecular complexity index is 308. The molecule has 5 nitrogen and oxygen atoms in total. The van der Waals surface area contributed by atoms with Crippen molar-refractivity contribution in [1.82, 2.24) is 10.2 Å². The topological polar surface area (TPSA) is 69.6 Å². The number of carboxylic acid groups (broad SMARTS) is 1. The number of rotatable bonds is 4. The highest BCUT2D eigenvalue weighted by Gasteiger charge is 2.30. The third kappa shape index (κ3) is 4.55. The molecule has 0 fully saturated rings. The summed E-state index contributed by atoms with van der Waals surface area (Å²) in [7, 11) is 1.69. The second kappa shape index (κ2) is 6.07. The van der Waals surface area contributed by atoms with E-state index in [1.54, 1.807) is 25.8 Å². The molecule has 5 heteroatoms. The third-order valence-electron chi connectivity index (χ3n) is 3.37. The molecule has 2 amide bonds. The van der Waals surface area contributed by atoms with Gasteiger partial charge in [0.05, 0.1) is 0 Å². The van der Waals surface area contributed by atoms with Gasteiger partial charge < -0.3 is 15.3 Å². The Balaban J connectivity index is 4.71. The summed E-state index contributed by atoms with van der Waals surface area (Å²) < 4.78 is 0. The standard InChI is InChI=1S/C13H26N2O3/c1-8(2)10(11(16)17)14-12(18)15(7)9(3)13(4,5)6/h8-10H,1-7H3,(H,14,18)(H,16,17)/t9?,10-/m0/s1. The smallest absolute Gasteiger partial charge is 0.326 e. The van der Waals surface area contributed by atoms with Crippen molar-refractivity contribution in [1.29, 1.82) is 0 Å². The molecule has 0 rings (SSSR count). The summed E-state index contributed by atoms with van der Waals surface area (Å²) in [5.41, 5.74) is -0.0529. The summed E-state index contributed by atoms with van der Waals surface area (Å²) in [6, 6.07) is -1.19. The second-order valence-corrected chi connectivity index (χ2v) is 6.16. The van der Waals surface area contributed by atoms with E-state index in [2.05, 4.69) is 5.32 Å². The van der Waals surface area contributed by atoms with Crippen LogP contribution in [0, 0.1) is 11.3 Å². The summed E-state index contributed by atoms with van der Waals surface area (Å²) in [4.78, 5) is 24.6. The highest BCUT2D eigenvalue weighted by molar-refractivity contribution is 5.82. The maximum atomic E-state index is 12.0. The van der Waals surface area contributed by atoms with E-state index in [0.29, 0.717) is 0 Å². The molecule has 0 aliphatic rings. The molecule has 2 atom stereocenters. The zero-order valence-electron chi connectivity index (χ0n) is 12.4. The SMILES string of the molecule is CC(C)[C@H](NC(=O)N(C)C(C)C(C)(C)C)C(=O)O. The number of carbonyl (C=O) groups excluding carboxylic acids is 1. The van der Waals surface area contributed by atoms with Gasteiger partial charge in [-0.25, -0.2) is 9.59 Å². The first-order valence-corrected chi connectivity index (χ1v) is 6.24. The van der Waals surface area contributed by atoms with Crippen molar-refractivity contribution in [2.75, 3.05) is 7.05 Å². The molecule has 0 aromatic rings. The number of amides is 2. The molecule has 0 saturated carbocycles. The lowest BCUT2D eigenvalue weighted by Crippen LogP contribution is -2.53. The van der Waals surface area contributed by atoms with Crippen LogP contribution in [0.3, 0.4) is 0 Å². The van der Waals surface area contributed by atoms with Crippen LogP contribution < -0.4 is 5.32 Å². The first-order chi connectivity index (χ1) is 7.98. The quantitative estimate of drug-likeness (QED) is 0.812. The van der Waals surface area contributed by atoms with Crippen molar-refractivity contribution in [3.05, 3.63) is 0 Å². The maximum Gasteiger partial charge on any atom is 0.326 e. The van der Waals surface area contributed by atoms with Gasteiger partial charge in [-0.3, -0.25) is 0 Å². The Hall–Kier alpha value is -1.26. The van der Waals surface area contributed by atoms with E-state index in [9.17, 15) is 9.59 Å². The number of urea groups is 1. The van der Waals surface area contributed by atoms with E-state index in [1.807, 2.05) is 27.7 Å². The Morgan fingerprint density at radius 2 is 1.61 bits per heavy atom. The van der Waals surface area contributed by atoms with Gasteiger partial charge in [-0.2, -0.15) is 0 Å². The van der Waals surface area contributed by atoms with Crippen molar-refractivity contribution in [2.24, 2.45) is 11.3 Å². The van der Waals surface area contributed by atoms with Crippen molar-refractivity contribution in [3.63, 3.8) is 0 Å².